The third-order valence-corrected chi connectivity index (χ3v) is 0.622. The molecular formula is C3H3F3S. The molecule has 0 fully saturated rings. The number of hydrogen-bond donors (Lipinski definition) is 1. The van der Waals surface area contributed by atoms with Crippen molar-refractivity contribution in [2.24, 2.45) is 0 Å². The van der Waals surface area contributed by atoms with Crippen molar-refractivity contribution in [1.29, 1.82) is 0 Å². The molecule has 0 aromatic carbocycles. The predicted octanol–water partition coefficient (Wildman–Crippen LogP) is 1.99. The first-order valence-electron chi connectivity index (χ1n) is 1.49. The van der Waals surface area contributed by atoms with Crippen molar-refractivity contribution in [2.45, 2.75) is 0 Å². The van der Waals surface area contributed by atoms with E-state index < -0.39 is 17.7 Å². The topological polar surface area (TPSA) is 0 Å². The van der Waals surface area contributed by atoms with Crippen molar-refractivity contribution in [3.8, 4) is 0 Å². The van der Waals surface area contributed by atoms with Gasteiger partial charge in [0.1, 0.15) is 0 Å². The Balaban J connectivity index is 3.72. The fourth-order valence-corrected chi connectivity index (χ4v) is 0.179. The normalized spacial score (nSPS) is 8.57. The fraction of sp³-hybridized carbons (Fsp3) is 0.333. The van der Waals surface area contributed by atoms with Gasteiger partial charge < -0.3 is 0 Å². The molecule has 0 amide bonds. The zero-order valence-corrected chi connectivity index (χ0v) is 4.18. The smallest absolute Gasteiger partial charge is 0.205 e. The molecule has 0 unspecified atom stereocenters. The van der Waals surface area contributed by atoms with Crippen molar-refractivity contribution in [1.82, 2.24) is 0 Å². The van der Waals surface area contributed by atoms with Crippen molar-refractivity contribution >= 4 is 12.6 Å². The van der Waals surface area contributed by atoms with Gasteiger partial charge in [-0.1, -0.05) is 0 Å². The summed E-state index contributed by atoms with van der Waals surface area (Å²) in [4.78, 5) is 0. The van der Waals surface area contributed by atoms with Gasteiger partial charge in [-0.15, -0.1) is 0 Å². The molecule has 0 radical (unpaired) electrons. The Morgan fingerprint density at radius 1 is 1.29 bits per heavy atom. The zero-order valence-electron chi connectivity index (χ0n) is 3.29. The number of halogens is 3. The molecule has 0 aromatic heterocycles. The van der Waals surface area contributed by atoms with Crippen LogP contribution in [-0.2, 0) is 0 Å². The molecule has 0 atom stereocenters. The zero-order chi connectivity index (χ0) is 5.86. The summed E-state index contributed by atoms with van der Waals surface area (Å²) < 4.78 is 33.1. The van der Waals surface area contributed by atoms with Crippen LogP contribution in [0.3, 0.4) is 0 Å². The summed E-state index contributed by atoms with van der Waals surface area (Å²) in [6, 6.07) is 0. The van der Waals surface area contributed by atoms with E-state index in [1.165, 1.54) is 0 Å². The van der Waals surface area contributed by atoms with Gasteiger partial charge in [-0.05, 0) is 0 Å². The van der Waals surface area contributed by atoms with Crippen LogP contribution in [0, 0.1) is 0 Å². The van der Waals surface area contributed by atoms with Gasteiger partial charge in [-0.3, -0.25) is 0 Å². The Hall–Kier alpha value is -0.120. The second kappa shape index (κ2) is 2.96. The largest absolute Gasteiger partial charge is 0.302 e. The minimum absolute atomic E-state index is 0.525. The van der Waals surface area contributed by atoms with E-state index in [-0.39, 0.29) is 0 Å². The van der Waals surface area contributed by atoms with E-state index >= 15 is 0 Å². The number of hydrogen-bond acceptors (Lipinski definition) is 1. The molecule has 4 heteroatoms. The number of rotatable bonds is 1. The van der Waals surface area contributed by atoms with Crippen LogP contribution in [0.5, 0.6) is 0 Å². The first-order chi connectivity index (χ1) is 3.18. The third kappa shape index (κ3) is 2.56. The second-order valence-electron chi connectivity index (χ2n) is 0.823. The van der Waals surface area contributed by atoms with Crippen LogP contribution >= 0.6 is 12.6 Å². The quantitative estimate of drug-likeness (QED) is 0.513. The highest BCUT2D eigenvalue weighted by Crippen LogP contribution is 2.08. The Morgan fingerprint density at radius 2 is 1.71 bits per heavy atom. The van der Waals surface area contributed by atoms with Crippen LogP contribution in [0.4, 0.5) is 13.2 Å². The van der Waals surface area contributed by atoms with Gasteiger partial charge in [0.05, 0.1) is 0 Å². The van der Waals surface area contributed by atoms with Crippen LogP contribution in [0.15, 0.2) is 11.9 Å². The van der Waals surface area contributed by atoms with Crippen molar-refractivity contribution in [3.63, 3.8) is 0 Å². The van der Waals surface area contributed by atoms with Gasteiger partial charge in [-0.2, -0.15) is 21.4 Å². The molecule has 0 aliphatic carbocycles. The van der Waals surface area contributed by atoms with E-state index in [0.717, 1.165) is 0 Å². The van der Waals surface area contributed by atoms with Gasteiger partial charge in [0, 0.05) is 5.75 Å². The molecule has 0 N–H and O–H groups in total. The van der Waals surface area contributed by atoms with Gasteiger partial charge in [-0.25, -0.2) is 4.39 Å². The monoisotopic (exact) mass is 128 g/mol. The molecule has 0 rings (SSSR count). The molecule has 0 spiro atoms. The molecule has 0 saturated carbocycles. The first kappa shape index (κ1) is 6.88. The van der Waals surface area contributed by atoms with E-state index in [9.17, 15) is 13.2 Å². The van der Waals surface area contributed by atoms with E-state index in [2.05, 4.69) is 12.6 Å². The highest BCUT2D eigenvalue weighted by Gasteiger charge is 1.98. The minimum Gasteiger partial charge on any atom is -0.205 e. The summed E-state index contributed by atoms with van der Waals surface area (Å²) in [5, 5.41) is 0. The van der Waals surface area contributed by atoms with Crippen LogP contribution < -0.4 is 0 Å². The summed E-state index contributed by atoms with van der Waals surface area (Å²) >= 11 is 3.24. The van der Waals surface area contributed by atoms with Crippen LogP contribution in [0.1, 0.15) is 0 Å². The van der Waals surface area contributed by atoms with Crippen molar-refractivity contribution in [3.05, 3.63) is 11.9 Å². The van der Waals surface area contributed by atoms with Gasteiger partial charge in [0.15, 0.2) is 5.83 Å². The molecule has 0 aliphatic heterocycles. The highest BCUT2D eigenvalue weighted by molar-refractivity contribution is 7.80. The summed E-state index contributed by atoms with van der Waals surface area (Å²) in [5.41, 5.74) is 0. The molecule has 7 heavy (non-hydrogen) atoms. The lowest BCUT2D eigenvalue weighted by Crippen LogP contribution is -1.73. The van der Waals surface area contributed by atoms with Crippen molar-refractivity contribution < 1.29 is 13.2 Å². The van der Waals surface area contributed by atoms with E-state index in [1.807, 2.05) is 0 Å². The lowest BCUT2D eigenvalue weighted by atomic mass is 10.7. The molecule has 0 heterocycles. The molecule has 0 aromatic rings. The average Bonchev–Trinajstić information content (AvgIpc) is 1.65. The maximum absolute atomic E-state index is 11.3. The molecule has 42 valence electrons. The first-order valence-corrected chi connectivity index (χ1v) is 2.12. The maximum Gasteiger partial charge on any atom is 0.302 e. The summed E-state index contributed by atoms with van der Waals surface area (Å²) in [6.07, 6.45) is -2.28. The van der Waals surface area contributed by atoms with Gasteiger partial charge in [0.25, 0.3) is 0 Å². The minimum atomic E-state index is -2.28. The van der Waals surface area contributed by atoms with E-state index in [1.54, 1.807) is 0 Å². The summed E-state index contributed by atoms with van der Waals surface area (Å²) in [7, 11) is 0. The maximum atomic E-state index is 11.3. The fourth-order valence-electron chi connectivity index (χ4n) is 0.0598. The Bertz CT molecular complexity index is 84.2. The summed E-state index contributed by atoms with van der Waals surface area (Å²) in [6.45, 7) is 0. The Morgan fingerprint density at radius 3 is 1.71 bits per heavy atom. The molecule has 0 aliphatic rings. The number of thiol groups is 1. The van der Waals surface area contributed by atoms with Crippen LogP contribution in [0.25, 0.3) is 0 Å². The van der Waals surface area contributed by atoms with Crippen LogP contribution in [-0.4, -0.2) is 5.75 Å². The van der Waals surface area contributed by atoms with Gasteiger partial charge in [0.2, 0.25) is 0 Å². The highest BCUT2D eigenvalue weighted by atomic mass is 32.1. The van der Waals surface area contributed by atoms with E-state index in [0.29, 0.717) is 0 Å². The molecule has 0 nitrogen and oxygen atoms in total. The van der Waals surface area contributed by atoms with E-state index in [4.69, 9.17) is 0 Å². The lowest BCUT2D eigenvalue weighted by molar-refractivity contribution is 0.381. The third-order valence-electron chi connectivity index (χ3n) is 0.344. The molecule has 0 bridgehead atoms. The average molecular weight is 128 g/mol. The van der Waals surface area contributed by atoms with Gasteiger partial charge >= 0.3 is 6.08 Å². The Kier molecular flexibility index (Phi) is 2.91. The Labute approximate surface area is 44.4 Å². The predicted molar refractivity (Wildman–Crippen MR) is 24.2 cm³/mol. The standard InChI is InChI=1S/C3H3F3S/c4-2(1-7)3(5)6/h7H,1H2. The van der Waals surface area contributed by atoms with Crippen LogP contribution in [0.2, 0.25) is 0 Å². The van der Waals surface area contributed by atoms with Crippen molar-refractivity contribution in [2.75, 3.05) is 5.75 Å². The molecule has 0 saturated heterocycles. The second-order valence-corrected chi connectivity index (χ2v) is 1.14. The summed E-state index contributed by atoms with van der Waals surface area (Å²) in [5.74, 6) is -1.98. The lowest BCUT2D eigenvalue weighted by Gasteiger charge is -1.81. The SMILES string of the molecule is FC(F)=C(F)CS. The molecular weight excluding hydrogens is 125 g/mol.